The molecule has 0 aliphatic carbocycles. The minimum Gasteiger partial charge on any atom is -0.393 e. The van der Waals surface area contributed by atoms with Crippen LogP contribution in [0.1, 0.15) is 5.56 Å². The maximum Gasteiger partial charge on any atom is 0.414 e. The zero-order valence-corrected chi connectivity index (χ0v) is 18.5. The second-order valence-electron chi connectivity index (χ2n) is 7.75. The van der Waals surface area contributed by atoms with Crippen molar-refractivity contribution < 1.29 is 24.5 Å². The number of hydrogen-bond acceptors (Lipinski definition) is 7. The first-order valence-electron chi connectivity index (χ1n) is 10.1. The van der Waals surface area contributed by atoms with E-state index >= 15 is 0 Å². The van der Waals surface area contributed by atoms with Crippen molar-refractivity contribution in [1.82, 2.24) is 15.2 Å². The van der Waals surface area contributed by atoms with E-state index < -0.39 is 24.3 Å². The molecular weight excluding hydrogens is 450 g/mol. The predicted molar refractivity (Wildman–Crippen MR) is 123 cm³/mol. The molecule has 1 aromatic carbocycles. The molecule has 4 aromatic rings. The van der Waals surface area contributed by atoms with Crippen molar-refractivity contribution in [1.29, 1.82) is 0 Å². The number of benzene rings is 1. The first-order chi connectivity index (χ1) is 15.5. The molecule has 1 saturated heterocycles. The monoisotopic (exact) mass is 471 g/mol. The first-order valence-corrected chi connectivity index (χ1v) is 11.8. The Hall–Kier alpha value is -2.92. The number of aliphatic hydroxyl groups is 2. The summed E-state index contributed by atoms with van der Waals surface area (Å²) in [7, 11) is 0. The number of hydrogen-bond donors (Lipinski definition) is 4. The van der Waals surface area contributed by atoms with Crippen molar-refractivity contribution in [3.05, 3.63) is 53.4 Å². The van der Waals surface area contributed by atoms with Crippen molar-refractivity contribution in [3.8, 4) is 5.88 Å². The fraction of sp³-hybridized carbons (Fsp3) is 0.273. The summed E-state index contributed by atoms with van der Waals surface area (Å²) in [6, 6.07) is 12.2. The van der Waals surface area contributed by atoms with Crippen molar-refractivity contribution >= 4 is 54.3 Å². The number of β-amino-alcohol motifs (C(OH)–C–C–N with tert-alkyl or cyclic N) is 2. The Balaban J connectivity index is 1.32. The molecule has 3 atom stereocenters. The molecule has 166 valence electrons. The van der Waals surface area contributed by atoms with E-state index in [9.17, 15) is 19.8 Å². The topological polar surface area (TPSA) is 115 Å². The van der Waals surface area contributed by atoms with Gasteiger partial charge in [0.05, 0.1) is 26.4 Å². The molecule has 10 heteroatoms. The zero-order chi connectivity index (χ0) is 22.2. The van der Waals surface area contributed by atoms with E-state index in [0.717, 1.165) is 21.2 Å². The molecule has 0 spiro atoms. The van der Waals surface area contributed by atoms with Crippen LogP contribution in [0.5, 0.6) is 5.88 Å². The maximum absolute atomic E-state index is 13.1. The lowest BCUT2D eigenvalue weighted by atomic mass is 10.1. The molecule has 0 bridgehead atoms. The lowest BCUT2D eigenvalue weighted by molar-refractivity contribution is -0.132. The summed E-state index contributed by atoms with van der Waals surface area (Å²) in [5.74, 6) is -0.0800. The van der Waals surface area contributed by atoms with Crippen molar-refractivity contribution in [3.63, 3.8) is 0 Å². The van der Waals surface area contributed by atoms with E-state index in [1.165, 1.54) is 8.91 Å². The summed E-state index contributed by atoms with van der Waals surface area (Å²) in [5.41, 5.74) is 1.79. The number of thiophene rings is 2. The van der Waals surface area contributed by atoms with E-state index in [4.69, 9.17) is 4.74 Å². The van der Waals surface area contributed by atoms with Crippen LogP contribution >= 0.6 is 22.7 Å². The lowest BCUT2D eigenvalue weighted by Crippen LogP contribution is -2.50. The molecule has 4 heterocycles. The Kier molecular flexibility index (Phi) is 5.60. The third-order valence-electron chi connectivity index (χ3n) is 5.50. The van der Waals surface area contributed by atoms with Crippen LogP contribution in [0.15, 0.2) is 47.8 Å². The van der Waals surface area contributed by atoms with Gasteiger partial charge in [0.2, 0.25) is 11.8 Å². The summed E-state index contributed by atoms with van der Waals surface area (Å²) in [6.45, 7) is 0.0388. The Morgan fingerprint density at radius 1 is 1.19 bits per heavy atom. The Bertz CT molecular complexity index is 1250. The molecule has 0 saturated carbocycles. The highest BCUT2D eigenvalue weighted by Crippen LogP contribution is 2.38. The zero-order valence-electron chi connectivity index (χ0n) is 16.9. The molecule has 32 heavy (non-hydrogen) atoms. The SMILES string of the molecule is O=C(N[C@@H](Cc1ccccc1)C(=O)N1C[C@@H](O)[C@@H](O)C1)Oc1cc2sc3sccc3c2[nH]1. The summed E-state index contributed by atoms with van der Waals surface area (Å²) in [4.78, 5) is 30.2. The molecule has 3 aromatic heterocycles. The molecule has 4 N–H and O–H groups in total. The number of aliphatic hydroxyl groups excluding tert-OH is 2. The van der Waals surface area contributed by atoms with Crippen LogP contribution in [0.25, 0.3) is 19.6 Å². The van der Waals surface area contributed by atoms with Gasteiger partial charge in [0.15, 0.2) is 0 Å². The van der Waals surface area contributed by atoms with Crippen LogP contribution in [-0.2, 0) is 11.2 Å². The molecule has 1 aliphatic rings. The fourth-order valence-corrected chi connectivity index (χ4v) is 6.06. The second-order valence-corrected chi connectivity index (χ2v) is 9.98. The number of nitrogens with one attached hydrogen (secondary N) is 2. The van der Waals surface area contributed by atoms with Gasteiger partial charge in [-0.2, -0.15) is 0 Å². The highest BCUT2D eigenvalue weighted by atomic mass is 32.2. The summed E-state index contributed by atoms with van der Waals surface area (Å²) < 4.78 is 7.63. The van der Waals surface area contributed by atoms with Crippen LogP contribution in [-0.4, -0.2) is 63.4 Å². The van der Waals surface area contributed by atoms with Crippen LogP contribution in [0.3, 0.4) is 0 Å². The van der Waals surface area contributed by atoms with Gasteiger partial charge < -0.3 is 30.2 Å². The van der Waals surface area contributed by atoms with E-state index in [2.05, 4.69) is 10.3 Å². The van der Waals surface area contributed by atoms with E-state index in [0.29, 0.717) is 5.88 Å². The van der Waals surface area contributed by atoms with Crippen molar-refractivity contribution in [2.75, 3.05) is 13.1 Å². The largest absolute Gasteiger partial charge is 0.414 e. The van der Waals surface area contributed by atoms with Gasteiger partial charge in [-0.1, -0.05) is 30.3 Å². The minimum absolute atomic E-state index is 0.0194. The number of fused-ring (bicyclic) bond motifs is 3. The number of aromatic nitrogens is 1. The summed E-state index contributed by atoms with van der Waals surface area (Å²) in [6.07, 6.45) is -2.49. The molecule has 8 nitrogen and oxygen atoms in total. The van der Waals surface area contributed by atoms with E-state index in [1.807, 2.05) is 41.8 Å². The van der Waals surface area contributed by atoms with Gasteiger partial charge in [0, 0.05) is 31.0 Å². The minimum atomic E-state index is -0.996. The van der Waals surface area contributed by atoms with Gasteiger partial charge in [0.1, 0.15) is 6.04 Å². The van der Waals surface area contributed by atoms with Crippen LogP contribution in [0.2, 0.25) is 0 Å². The molecule has 0 radical (unpaired) electrons. The summed E-state index contributed by atoms with van der Waals surface area (Å²) in [5, 5.41) is 25.4. The second kappa shape index (κ2) is 8.55. The number of likely N-dealkylation sites (tertiary alicyclic amines) is 1. The van der Waals surface area contributed by atoms with Gasteiger partial charge in [-0.15, -0.1) is 22.7 Å². The number of aromatic amines is 1. The predicted octanol–water partition coefficient (Wildman–Crippen LogP) is 2.71. The van der Waals surface area contributed by atoms with Gasteiger partial charge in [-0.05, 0) is 17.0 Å². The van der Waals surface area contributed by atoms with Gasteiger partial charge in [-0.25, -0.2) is 4.79 Å². The molecular formula is C22H21N3O5S2. The number of carbonyl (C=O) groups is 2. The highest BCUT2D eigenvalue weighted by Gasteiger charge is 2.36. The third-order valence-corrected chi connectivity index (χ3v) is 7.70. The number of amides is 2. The summed E-state index contributed by atoms with van der Waals surface area (Å²) >= 11 is 3.28. The Labute approximate surface area is 191 Å². The van der Waals surface area contributed by atoms with Crippen molar-refractivity contribution in [2.45, 2.75) is 24.7 Å². The normalized spacial score (nSPS) is 19.5. The number of carbonyl (C=O) groups excluding carboxylic acids is 2. The number of H-pyrrole nitrogens is 1. The molecule has 2 amide bonds. The van der Waals surface area contributed by atoms with E-state index in [1.54, 1.807) is 28.7 Å². The number of rotatable bonds is 5. The average molecular weight is 472 g/mol. The van der Waals surface area contributed by atoms with Gasteiger partial charge in [0.25, 0.3) is 0 Å². The van der Waals surface area contributed by atoms with Gasteiger partial charge in [-0.3, -0.25) is 4.79 Å². The standard InChI is InChI=1S/C22H21N3O5S2/c26-15-10-25(11-16(15)27)20(28)14(8-12-4-2-1-3-5-12)23-22(29)30-18-9-17-19(24-18)13-6-7-31-21(13)32-17/h1-7,9,14-16,24,26-27H,8,10-11H2,(H,23,29)/t14-,15-,16+/m0/s1. The van der Waals surface area contributed by atoms with E-state index in [-0.39, 0.29) is 25.4 Å². The average Bonchev–Trinajstić information content (AvgIpc) is 3.51. The van der Waals surface area contributed by atoms with Crippen LogP contribution in [0.4, 0.5) is 4.79 Å². The third kappa shape index (κ3) is 4.09. The van der Waals surface area contributed by atoms with Gasteiger partial charge >= 0.3 is 6.09 Å². The lowest BCUT2D eigenvalue weighted by Gasteiger charge is -2.24. The molecule has 1 fully saturated rings. The van der Waals surface area contributed by atoms with Crippen LogP contribution < -0.4 is 10.1 Å². The fourth-order valence-electron chi connectivity index (χ4n) is 3.90. The van der Waals surface area contributed by atoms with Crippen LogP contribution in [0, 0.1) is 0 Å². The number of ether oxygens (including phenoxy) is 1. The highest BCUT2D eigenvalue weighted by molar-refractivity contribution is 7.41. The maximum atomic E-state index is 13.1. The quantitative estimate of drug-likeness (QED) is 0.357. The first kappa shape index (κ1) is 21.0. The Morgan fingerprint density at radius 2 is 1.94 bits per heavy atom. The number of nitrogens with zero attached hydrogens (tertiary/aromatic N) is 1. The van der Waals surface area contributed by atoms with Crippen molar-refractivity contribution in [2.24, 2.45) is 0 Å². The molecule has 5 rings (SSSR count). The Morgan fingerprint density at radius 3 is 2.69 bits per heavy atom. The molecule has 0 unspecified atom stereocenters. The molecule has 1 aliphatic heterocycles. The smallest absolute Gasteiger partial charge is 0.393 e.